The Kier molecular flexibility index (Phi) is 3.78. The van der Waals surface area contributed by atoms with E-state index in [1.165, 1.54) is 6.39 Å². The molecular formula is C12H14N2O4. The first-order chi connectivity index (χ1) is 8.70. The van der Waals surface area contributed by atoms with Crippen molar-refractivity contribution >= 4 is 0 Å². The Hall–Kier alpha value is -2.08. The number of aliphatic hydroxyl groups excluding tert-OH is 1. The molecule has 0 saturated heterocycles. The molecule has 0 amide bonds. The average molecular weight is 250 g/mol. The number of benzene rings is 1. The van der Waals surface area contributed by atoms with Crippen LogP contribution in [0.15, 0.2) is 29.1 Å². The maximum Gasteiger partial charge on any atom is 0.213 e. The van der Waals surface area contributed by atoms with E-state index in [-0.39, 0.29) is 6.61 Å². The molecule has 0 radical (unpaired) electrons. The summed E-state index contributed by atoms with van der Waals surface area (Å²) in [7, 11) is 1.57. The third kappa shape index (κ3) is 2.78. The van der Waals surface area contributed by atoms with Gasteiger partial charge < -0.3 is 19.1 Å². The van der Waals surface area contributed by atoms with Crippen LogP contribution in [-0.2, 0) is 6.61 Å². The van der Waals surface area contributed by atoms with Gasteiger partial charge in [0, 0.05) is 11.6 Å². The van der Waals surface area contributed by atoms with E-state index in [9.17, 15) is 5.11 Å². The first-order valence-electron chi connectivity index (χ1n) is 5.44. The Labute approximate surface area is 104 Å². The van der Waals surface area contributed by atoms with Gasteiger partial charge in [-0.25, -0.2) is 0 Å². The lowest BCUT2D eigenvalue weighted by Gasteiger charge is -2.13. The highest BCUT2D eigenvalue weighted by Crippen LogP contribution is 2.29. The molecule has 0 aliphatic heterocycles. The maximum absolute atomic E-state index is 9.65. The van der Waals surface area contributed by atoms with Gasteiger partial charge in [-0.2, -0.15) is 4.98 Å². The average Bonchev–Trinajstić information content (AvgIpc) is 2.88. The Morgan fingerprint density at radius 3 is 2.89 bits per heavy atom. The van der Waals surface area contributed by atoms with Crippen molar-refractivity contribution in [3.63, 3.8) is 0 Å². The summed E-state index contributed by atoms with van der Waals surface area (Å²) in [5.74, 6) is 1.63. The molecule has 1 N–H and O–H groups in total. The van der Waals surface area contributed by atoms with Crippen LogP contribution in [0.25, 0.3) is 0 Å². The zero-order valence-corrected chi connectivity index (χ0v) is 10.2. The summed E-state index contributed by atoms with van der Waals surface area (Å²) in [5, 5.41) is 13.3. The number of rotatable bonds is 5. The summed E-state index contributed by atoms with van der Waals surface area (Å²) in [6.07, 6.45) is 0.607. The number of aromatic nitrogens is 2. The standard InChI is InChI=1S/C12H14N2O4/c1-8(15)10-4-3-9(16-2)5-11(10)17-6-12-13-7-18-14-12/h3-5,7-8,15H,6H2,1-2H3. The summed E-state index contributed by atoms with van der Waals surface area (Å²) in [5.41, 5.74) is 0.680. The number of hydrogen-bond acceptors (Lipinski definition) is 6. The van der Waals surface area contributed by atoms with Crippen molar-refractivity contribution in [2.24, 2.45) is 0 Å². The topological polar surface area (TPSA) is 77.6 Å². The fourth-order valence-corrected chi connectivity index (χ4v) is 1.51. The molecule has 1 aromatic carbocycles. The molecule has 96 valence electrons. The van der Waals surface area contributed by atoms with Crippen LogP contribution in [0.2, 0.25) is 0 Å². The molecule has 18 heavy (non-hydrogen) atoms. The number of nitrogens with zero attached hydrogens (tertiary/aromatic N) is 2. The van der Waals surface area contributed by atoms with E-state index in [1.54, 1.807) is 32.2 Å². The molecule has 2 aromatic rings. The molecule has 2 rings (SSSR count). The molecule has 1 aromatic heterocycles. The number of aliphatic hydroxyl groups is 1. The second kappa shape index (κ2) is 5.50. The zero-order chi connectivity index (χ0) is 13.0. The molecule has 1 unspecified atom stereocenters. The van der Waals surface area contributed by atoms with Crippen molar-refractivity contribution < 1.29 is 19.1 Å². The fraction of sp³-hybridized carbons (Fsp3) is 0.333. The SMILES string of the molecule is COc1ccc(C(C)O)c(OCc2ncon2)c1. The first-order valence-corrected chi connectivity index (χ1v) is 5.44. The predicted octanol–water partition coefficient (Wildman–Crippen LogP) is 1.71. The lowest BCUT2D eigenvalue weighted by molar-refractivity contribution is 0.189. The molecule has 0 saturated carbocycles. The van der Waals surface area contributed by atoms with E-state index in [2.05, 4.69) is 14.7 Å². The highest BCUT2D eigenvalue weighted by Gasteiger charge is 2.11. The van der Waals surface area contributed by atoms with Crippen molar-refractivity contribution in [1.29, 1.82) is 0 Å². The minimum Gasteiger partial charge on any atom is -0.497 e. The van der Waals surface area contributed by atoms with E-state index >= 15 is 0 Å². The zero-order valence-electron chi connectivity index (χ0n) is 10.2. The Morgan fingerprint density at radius 2 is 2.28 bits per heavy atom. The van der Waals surface area contributed by atoms with Gasteiger partial charge in [-0.15, -0.1) is 0 Å². The van der Waals surface area contributed by atoms with E-state index in [0.29, 0.717) is 22.9 Å². The second-order valence-electron chi connectivity index (χ2n) is 3.72. The second-order valence-corrected chi connectivity index (χ2v) is 3.72. The van der Waals surface area contributed by atoms with Crippen molar-refractivity contribution in [1.82, 2.24) is 10.1 Å². The lowest BCUT2D eigenvalue weighted by Crippen LogP contribution is -2.02. The summed E-state index contributed by atoms with van der Waals surface area (Å²) in [6, 6.07) is 5.24. The Morgan fingerprint density at radius 1 is 1.44 bits per heavy atom. The highest BCUT2D eigenvalue weighted by molar-refractivity contribution is 5.41. The molecule has 0 fully saturated rings. The molecule has 6 heteroatoms. The largest absolute Gasteiger partial charge is 0.497 e. The Balaban J connectivity index is 2.18. The minimum absolute atomic E-state index is 0.170. The van der Waals surface area contributed by atoms with Crippen LogP contribution >= 0.6 is 0 Å². The molecule has 0 bridgehead atoms. The maximum atomic E-state index is 9.65. The number of methoxy groups -OCH3 is 1. The van der Waals surface area contributed by atoms with Crippen LogP contribution < -0.4 is 9.47 Å². The monoisotopic (exact) mass is 250 g/mol. The van der Waals surface area contributed by atoms with Crippen molar-refractivity contribution in [2.45, 2.75) is 19.6 Å². The smallest absolute Gasteiger partial charge is 0.213 e. The van der Waals surface area contributed by atoms with Crippen LogP contribution in [0, 0.1) is 0 Å². The number of ether oxygens (including phenoxy) is 2. The van der Waals surface area contributed by atoms with Crippen LogP contribution in [0.1, 0.15) is 24.4 Å². The van der Waals surface area contributed by atoms with Gasteiger partial charge >= 0.3 is 0 Å². The van der Waals surface area contributed by atoms with Gasteiger partial charge in [0.25, 0.3) is 0 Å². The van der Waals surface area contributed by atoms with Crippen LogP contribution in [0.5, 0.6) is 11.5 Å². The van der Waals surface area contributed by atoms with Crippen molar-refractivity contribution in [2.75, 3.05) is 7.11 Å². The summed E-state index contributed by atoms with van der Waals surface area (Å²) >= 11 is 0. The van der Waals surface area contributed by atoms with Gasteiger partial charge in [0.05, 0.1) is 13.2 Å². The highest BCUT2D eigenvalue weighted by atomic mass is 16.5. The van der Waals surface area contributed by atoms with Gasteiger partial charge in [-0.1, -0.05) is 5.16 Å². The molecule has 0 aliphatic carbocycles. The van der Waals surface area contributed by atoms with Gasteiger partial charge in [-0.3, -0.25) is 0 Å². The van der Waals surface area contributed by atoms with E-state index in [0.717, 1.165) is 0 Å². The van der Waals surface area contributed by atoms with Gasteiger partial charge in [0.2, 0.25) is 12.2 Å². The molecule has 6 nitrogen and oxygen atoms in total. The fourth-order valence-electron chi connectivity index (χ4n) is 1.51. The molecule has 1 heterocycles. The van der Waals surface area contributed by atoms with E-state index in [4.69, 9.17) is 9.47 Å². The molecule has 0 spiro atoms. The predicted molar refractivity (Wildman–Crippen MR) is 62.3 cm³/mol. The molecule has 0 aliphatic rings. The quantitative estimate of drug-likeness (QED) is 0.870. The molecular weight excluding hydrogens is 236 g/mol. The van der Waals surface area contributed by atoms with Crippen LogP contribution in [-0.4, -0.2) is 22.4 Å². The first kappa shape index (κ1) is 12.4. The lowest BCUT2D eigenvalue weighted by atomic mass is 10.1. The van der Waals surface area contributed by atoms with E-state index in [1.807, 2.05) is 0 Å². The Bertz CT molecular complexity index is 497. The van der Waals surface area contributed by atoms with Gasteiger partial charge in [0.15, 0.2) is 6.61 Å². The third-order valence-electron chi connectivity index (χ3n) is 2.43. The van der Waals surface area contributed by atoms with Crippen LogP contribution in [0.4, 0.5) is 0 Å². The molecule has 1 atom stereocenters. The normalized spacial score (nSPS) is 12.2. The van der Waals surface area contributed by atoms with E-state index < -0.39 is 6.10 Å². The summed E-state index contributed by atoms with van der Waals surface area (Å²) < 4.78 is 15.3. The minimum atomic E-state index is -0.629. The van der Waals surface area contributed by atoms with Crippen molar-refractivity contribution in [3.8, 4) is 11.5 Å². The number of hydrogen-bond donors (Lipinski definition) is 1. The summed E-state index contributed by atoms with van der Waals surface area (Å²) in [6.45, 7) is 1.84. The summed E-state index contributed by atoms with van der Waals surface area (Å²) in [4.78, 5) is 3.85. The van der Waals surface area contributed by atoms with Gasteiger partial charge in [-0.05, 0) is 19.1 Å². The van der Waals surface area contributed by atoms with Gasteiger partial charge in [0.1, 0.15) is 11.5 Å². The van der Waals surface area contributed by atoms with Crippen LogP contribution in [0.3, 0.4) is 0 Å². The van der Waals surface area contributed by atoms with Crippen molar-refractivity contribution in [3.05, 3.63) is 36.0 Å². The third-order valence-corrected chi connectivity index (χ3v) is 2.43.